The van der Waals surface area contributed by atoms with Gasteiger partial charge in [0.25, 0.3) is 0 Å². The van der Waals surface area contributed by atoms with Crippen molar-refractivity contribution in [1.82, 2.24) is 0 Å². The molecule has 0 amide bonds. The molecule has 1 aliphatic carbocycles. The van der Waals surface area contributed by atoms with Crippen LogP contribution in [0.4, 0.5) is 0 Å². The van der Waals surface area contributed by atoms with Gasteiger partial charge in [-0.3, -0.25) is 0 Å². The van der Waals surface area contributed by atoms with Crippen LogP contribution in [0.2, 0.25) is 0 Å². The van der Waals surface area contributed by atoms with E-state index in [2.05, 4.69) is 43.3 Å². The van der Waals surface area contributed by atoms with E-state index in [1.807, 2.05) is 0 Å². The summed E-state index contributed by atoms with van der Waals surface area (Å²) < 4.78 is 0. The molecular formula is C17H24. The lowest BCUT2D eigenvalue weighted by Crippen LogP contribution is -1.87. The smallest absolute Gasteiger partial charge is 0.0234 e. The lowest BCUT2D eigenvalue weighted by molar-refractivity contribution is 0.680. The van der Waals surface area contributed by atoms with E-state index < -0.39 is 0 Å². The summed E-state index contributed by atoms with van der Waals surface area (Å²) in [5, 5.41) is 0. The summed E-state index contributed by atoms with van der Waals surface area (Å²) in [5.41, 5.74) is 2.83. The molecule has 1 saturated carbocycles. The van der Waals surface area contributed by atoms with Gasteiger partial charge in [0.15, 0.2) is 0 Å². The summed E-state index contributed by atoms with van der Waals surface area (Å²) in [4.78, 5) is 0. The van der Waals surface area contributed by atoms with Crippen molar-refractivity contribution in [2.24, 2.45) is 5.92 Å². The average Bonchev–Trinajstić information content (AvgIpc) is 2.84. The summed E-state index contributed by atoms with van der Waals surface area (Å²) in [5.74, 6) is 0.898. The lowest BCUT2D eigenvalue weighted by atomic mass is 10.0. The maximum absolute atomic E-state index is 2.46. The molecular weight excluding hydrogens is 204 g/mol. The van der Waals surface area contributed by atoms with Gasteiger partial charge in [-0.2, -0.15) is 0 Å². The lowest BCUT2D eigenvalue weighted by Gasteiger charge is -2.02. The molecule has 2 rings (SSSR count). The largest absolute Gasteiger partial charge is 0.0882 e. The van der Waals surface area contributed by atoms with Crippen molar-refractivity contribution in [2.45, 2.75) is 51.9 Å². The topological polar surface area (TPSA) is 0 Å². The second-order valence-electron chi connectivity index (χ2n) is 5.35. The minimum atomic E-state index is 0.898. The Morgan fingerprint density at radius 1 is 1.12 bits per heavy atom. The number of benzene rings is 1. The van der Waals surface area contributed by atoms with Crippen LogP contribution in [0.1, 0.15) is 49.7 Å². The highest BCUT2D eigenvalue weighted by molar-refractivity contribution is 5.21. The van der Waals surface area contributed by atoms with Crippen LogP contribution >= 0.6 is 0 Å². The molecule has 17 heavy (non-hydrogen) atoms. The first-order valence-electron chi connectivity index (χ1n) is 7.07. The van der Waals surface area contributed by atoms with Crippen molar-refractivity contribution in [3.8, 4) is 0 Å². The van der Waals surface area contributed by atoms with E-state index in [1.54, 1.807) is 0 Å². The van der Waals surface area contributed by atoms with Crippen LogP contribution < -0.4 is 0 Å². The number of hydrogen-bond donors (Lipinski definition) is 0. The molecule has 0 heteroatoms. The summed E-state index contributed by atoms with van der Waals surface area (Å²) in [6.45, 7) is 2.15. The summed E-state index contributed by atoms with van der Waals surface area (Å²) >= 11 is 0. The Bertz CT molecular complexity index is 339. The molecule has 0 aromatic heterocycles. The van der Waals surface area contributed by atoms with E-state index >= 15 is 0 Å². The van der Waals surface area contributed by atoms with Crippen molar-refractivity contribution < 1.29 is 0 Å². The fraction of sp³-hybridized carbons (Fsp3) is 0.529. The number of hydrogen-bond acceptors (Lipinski definition) is 0. The van der Waals surface area contributed by atoms with Crippen LogP contribution in [-0.4, -0.2) is 0 Å². The molecule has 0 atom stereocenters. The predicted octanol–water partition coefficient (Wildman–Crippen LogP) is 5.06. The molecule has 1 fully saturated rings. The van der Waals surface area contributed by atoms with Crippen molar-refractivity contribution in [3.63, 3.8) is 0 Å². The van der Waals surface area contributed by atoms with E-state index in [4.69, 9.17) is 0 Å². The van der Waals surface area contributed by atoms with E-state index in [1.165, 1.54) is 56.1 Å². The summed E-state index contributed by atoms with van der Waals surface area (Å²) in [7, 11) is 0. The fourth-order valence-corrected chi connectivity index (χ4v) is 2.62. The zero-order valence-electron chi connectivity index (χ0n) is 11.0. The third-order valence-electron chi connectivity index (χ3n) is 3.76. The van der Waals surface area contributed by atoms with E-state index in [9.17, 15) is 0 Å². The van der Waals surface area contributed by atoms with Crippen molar-refractivity contribution >= 4 is 0 Å². The SMILES string of the molecule is Cc1ccc(CCC/C=C/C2CCCC2)cc1. The maximum Gasteiger partial charge on any atom is -0.0234 e. The second-order valence-corrected chi connectivity index (χ2v) is 5.35. The van der Waals surface area contributed by atoms with Gasteiger partial charge in [-0.1, -0.05) is 54.8 Å². The maximum atomic E-state index is 2.46. The molecule has 0 aliphatic heterocycles. The van der Waals surface area contributed by atoms with Gasteiger partial charge in [0, 0.05) is 0 Å². The van der Waals surface area contributed by atoms with Gasteiger partial charge in [-0.05, 0) is 50.5 Å². The standard InChI is InChI=1S/C17H24/c1-15-11-13-17(14-12-15)8-4-2-3-7-16-9-5-6-10-16/h3,7,11-14,16H,2,4-6,8-10H2,1H3/b7-3+. The first kappa shape index (κ1) is 12.4. The van der Waals surface area contributed by atoms with Gasteiger partial charge in [0.1, 0.15) is 0 Å². The fourth-order valence-electron chi connectivity index (χ4n) is 2.62. The molecule has 0 bridgehead atoms. The molecule has 1 aromatic rings. The molecule has 0 N–H and O–H groups in total. The highest BCUT2D eigenvalue weighted by Crippen LogP contribution is 2.25. The van der Waals surface area contributed by atoms with Crippen molar-refractivity contribution in [3.05, 3.63) is 47.5 Å². The average molecular weight is 228 g/mol. The first-order valence-corrected chi connectivity index (χ1v) is 7.07. The number of allylic oxidation sites excluding steroid dienone is 2. The van der Waals surface area contributed by atoms with Crippen LogP contribution in [0.15, 0.2) is 36.4 Å². The monoisotopic (exact) mass is 228 g/mol. The van der Waals surface area contributed by atoms with Crippen LogP contribution in [0.25, 0.3) is 0 Å². The quantitative estimate of drug-likeness (QED) is 0.488. The molecule has 1 aliphatic rings. The Morgan fingerprint density at radius 3 is 2.53 bits per heavy atom. The molecule has 0 saturated heterocycles. The number of aryl methyl sites for hydroxylation is 2. The van der Waals surface area contributed by atoms with Gasteiger partial charge in [-0.15, -0.1) is 0 Å². The second kappa shape index (κ2) is 6.64. The third-order valence-corrected chi connectivity index (χ3v) is 3.76. The molecule has 0 unspecified atom stereocenters. The van der Waals surface area contributed by atoms with Crippen LogP contribution in [0, 0.1) is 12.8 Å². The Kier molecular flexibility index (Phi) is 4.85. The number of rotatable bonds is 5. The normalized spacial score (nSPS) is 17.0. The first-order chi connectivity index (χ1) is 8.34. The molecule has 1 aromatic carbocycles. The van der Waals surface area contributed by atoms with Crippen molar-refractivity contribution in [2.75, 3.05) is 0 Å². The van der Waals surface area contributed by atoms with Crippen LogP contribution in [0.5, 0.6) is 0 Å². The van der Waals surface area contributed by atoms with Gasteiger partial charge < -0.3 is 0 Å². The molecule has 0 nitrogen and oxygen atoms in total. The Labute approximate surface area is 106 Å². The number of unbranched alkanes of at least 4 members (excludes halogenated alkanes) is 1. The summed E-state index contributed by atoms with van der Waals surface area (Å²) in [6.07, 6.45) is 14.3. The Balaban J connectivity index is 1.64. The van der Waals surface area contributed by atoms with Crippen LogP contribution in [-0.2, 0) is 6.42 Å². The Morgan fingerprint density at radius 2 is 1.82 bits per heavy atom. The minimum absolute atomic E-state index is 0.898. The molecule has 92 valence electrons. The minimum Gasteiger partial charge on any atom is -0.0882 e. The van der Waals surface area contributed by atoms with Crippen molar-refractivity contribution in [1.29, 1.82) is 0 Å². The molecule has 0 heterocycles. The zero-order chi connectivity index (χ0) is 11.9. The van der Waals surface area contributed by atoms with Crippen LogP contribution in [0.3, 0.4) is 0 Å². The highest BCUT2D eigenvalue weighted by atomic mass is 14.2. The predicted molar refractivity (Wildman–Crippen MR) is 75.2 cm³/mol. The van der Waals surface area contributed by atoms with E-state index in [0.717, 1.165) is 5.92 Å². The van der Waals surface area contributed by atoms with E-state index in [0.29, 0.717) is 0 Å². The van der Waals surface area contributed by atoms with E-state index in [-0.39, 0.29) is 0 Å². The third kappa shape index (κ3) is 4.38. The Hall–Kier alpha value is -1.04. The highest BCUT2D eigenvalue weighted by Gasteiger charge is 2.10. The van der Waals surface area contributed by atoms with Gasteiger partial charge >= 0.3 is 0 Å². The van der Waals surface area contributed by atoms with Gasteiger partial charge in [-0.25, -0.2) is 0 Å². The zero-order valence-corrected chi connectivity index (χ0v) is 11.0. The van der Waals surface area contributed by atoms with Gasteiger partial charge in [0.2, 0.25) is 0 Å². The molecule has 0 radical (unpaired) electrons. The summed E-state index contributed by atoms with van der Waals surface area (Å²) in [6, 6.07) is 8.94. The molecule has 0 spiro atoms. The van der Waals surface area contributed by atoms with Gasteiger partial charge in [0.05, 0.1) is 0 Å².